The van der Waals surface area contributed by atoms with Gasteiger partial charge in [0, 0.05) is 0 Å². The van der Waals surface area contributed by atoms with Gasteiger partial charge in [0.25, 0.3) is 5.91 Å². The van der Waals surface area contributed by atoms with Gasteiger partial charge in [-0.2, -0.15) is 0 Å². The zero-order valence-electron chi connectivity index (χ0n) is 10.4. The molecule has 0 fully saturated rings. The molecule has 0 bridgehead atoms. The second kappa shape index (κ2) is 5.31. The molecule has 0 atom stereocenters. The number of carbonyl (C=O) groups is 1. The van der Waals surface area contributed by atoms with E-state index in [0.29, 0.717) is 4.88 Å². The maximum atomic E-state index is 13.2. The van der Waals surface area contributed by atoms with Crippen LogP contribution < -0.4 is 10.5 Å². The SMILES string of the molecule is Cc1ccsc1C(=O)Nc1cc(F)ccc1S(N)(=O)=O. The van der Waals surface area contributed by atoms with Gasteiger partial charge in [0.05, 0.1) is 10.6 Å². The first kappa shape index (κ1) is 14.6. The van der Waals surface area contributed by atoms with Crippen LogP contribution >= 0.6 is 11.3 Å². The number of halogens is 1. The predicted molar refractivity (Wildman–Crippen MR) is 74.8 cm³/mol. The van der Waals surface area contributed by atoms with Crippen LogP contribution in [0.4, 0.5) is 10.1 Å². The van der Waals surface area contributed by atoms with Crippen molar-refractivity contribution in [2.75, 3.05) is 5.32 Å². The lowest BCUT2D eigenvalue weighted by atomic mass is 10.2. The van der Waals surface area contributed by atoms with Crippen LogP contribution in [0.25, 0.3) is 0 Å². The summed E-state index contributed by atoms with van der Waals surface area (Å²) < 4.78 is 36.0. The number of amides is 1. The fourth-order valence-electron chi connectivity index (χ4n) is 1.63. The highest BCUT2D eigenvalue weighted by molar-refractivity contribution is 7.89. The fraction of sp³-hybridized carbons (Fsp3) is 0.0833. The molecular formula is C12H11FN2O3S2. The number of rotatable bonds is 3. The summed E-state index contributed by atoms with van der Waals surface area (Å²) in [5.74, 6) is -1.18. The van der Waals surface area contributed by atoms with Crippen LogP contribution in [0.5, 0.6) is 0 Å². The number of benzene rings is 1. The molecule has 20 heavy (non-hydrogen) atoms. The predicted octanol–water partition coefficient (Wildman–Crippen LogP) is 2.10. The monoisotopic (exact) mass is 314 g/mol. The van der Waals surface area contributed by atoms with Crippen molar-refractivity contribution in [2.24, 2.45) is 5.14 Å². The van der Waals surface area contributed by atoms with Crippen molar-refractivity contribution in [3.05, 3.63) is 45.9 Å². The Balaban J connectivity index is 2.41. The second-order valence-corrected chi connectivity index (χ2v) is 6.52. The number of nitrogens with two attached hydrogens (primary N) is 1. The van der Waals surface area contributed by atoms with Crippen LogP contribution in [-0.4, -0.2) is 14.3 Å². The van der Waals surface area contributed by atoms with E-state index in [4.69, 9.17) is 5.14 Å². The Morgan fingerprint density at radius 1 is 1.35 bits per heavy atom. The number of hydrogen-bond donors (Lipinski definition) is 2. The van der Waals surface area contributed by atoms with Crippen LogP contribution in [-0.2, 0) is 10.0 Å². The van der Waals surface area contributed by atoms with Crippen molar-refractivity contribution in [1.82, 2.24) is 0 Å². The minimum absolute atomic E-state index is 0.176. The van der Waals surface area contributed by atoms with Gasteiger partial charge in [-0.3, -0.25) is 4.79 Å². The van der Waals surface area contributed by atoms with E-state index in [-0.39, 0.29) is 10.6 Å². The van der Waals surface area contributed by atoms with Crippen LogP contribution in [0.2, 0.25) is 0 Å². The summed E-state index contributed by atoms with van der Waals surface area (Å²) in [6.45, 7) is 1.75. The molecule has 0 saturated heterocycles. The summed E-state index contributed by atoms with van der Waals surface area (Å²) in [5.41, 5.74) is 0.575. The zero-order valence-corrected chi connectivity index (χ0v) is 12.0. The lowest BCUT2D eigenvalue weighted by Crippen LogP contribution is -2.18. The van der Waals surface area contributed by atoms with E-state index in [0.717, 1.165) is 23.8 Å². The molecule has 0 spiro atoms. The van der Waals surface area contributed by atoms with Crippen molar-refractivity contribution >= 4 is 33.0 Å². The highest BCUT2D eigenvalue weighted by atomic mass is 32.2. The van der Waals surface area contributed by atoms with E-state index < -0.39 is 21.7 Å². The number of aryl methyl sites for hydroxylation is 1. The third kappa shape index (κ3) is 3.03. The third-order valence-electron chi connectivity index (χ3n) is 2.56. The zero-order chi connectivity index (χ0) is 14.9. The molecule has 0 aliphatic carbocycles. The van der Waals surface area contributed by atoms with Crippen LogP contribution in [0, 0.1) is 12.7 Å². The Kier molecular flexibility index (Phi) is 3.89. The van der Waals surface area contributed by atoms with Crippen molar-refractivity contribution < 1.29 is 17.6 Å². The van der Waals surface area contributed by atoms with Crippen molar-refractivity contribution in [3.63, 3.8) is 0 Å². The summed E-state index contributed by atoms with van der Waals surface area (Å²) in [7, 11) is -4.05. The molecule has 0 aliphatic rings. The number of anilines is 1. The maximum absolute atomic E-state index is 13.2. The van der Waals surface area contributed by atoms with Gasteiger partial charge in [-0.05, 0) is 42.1 Å². The van der Waals surface area contributed by atoms with Gasteiger partial charge in [0.15, 0.2) is 0 Å². The van der Waals surface area contributed by atoms with E-state index in [1.54, 1.807) is 18.4 Å². The van der Waals surface area contributed by atoms with Gasteiger partial charge in [0.1, 0.15) is 10.7 Å². The quantitative estimate of drug-likeness (QED) is 0.909. The topological polar surface area (TPSA) is 89.3 Å². The average molecular weight is 314 g/mol. The first-order valence-electron chi connectivity index (χ1n) is 5.47. The van der Waals surface area contributed by atoms with E-state index in [9.17, 15) is 17.6 Å². The van der Waals surface area contributed by atoms with Crippen LogP contribution in [0.3, 0.4) is 0 Å². The van der Waals surface area contributed by atoms with E-state index in [2.05, 4.69) is 5.32 Å². The standard InChI is InChI=1S/C12H11FN2O3S2/c1-7-4-5-19-11(7)12(16)15-9-6-8(13)2-3-10(9)20(14,17)18/h2-6H,1H3,(H,15,16)(H2,14,17,18). The number of nitrogens with one attached hydrogen (secondary N) is 1. The molecule has 1 heterocycles. The van der Waals surface area contributed by atoms with Crippen molar-refractivity contribution in [1.29, 1.82) is 0 Å². The van der Waals surface area contributed by atoms with Gasteiger partial charge in [-0.1, -0.05) is 0 Å². The molecule has 1 amide bonds. The Hall–Kier alpha value is -1.77. The van der Waals surface area contributed by atoms with Gasteiger partial charge in [0.2, 0.25) is 10.0 Å². The number of primary sulfonamides is 1. The Morgan fingerprint density at radius 3 is 2.60 bits per heavy atom. The summed E-state index contributed by atoms with van der Waals surface area (Å²) in [5, 5.41) is 9.14. The minimum Gasteiger partial charge on any atom is -0.320 e. The van der Waals surface area contributed by atoms with Crippen molar-refractivity contribution in [2.45, 2.75) is 11.8 Å². The first-order chi connectivity index (χ1) is 9.29. The molecule has 0 radical (unpaired) electrons. The summed E-state index contributed by atoms with van der Waals surface area (Å²) in [4.78, 5) is 12.1. The average Bonchev–Trinajstić information content (AvgIpc) is 2.73. The summed E-state index contributed by atoms with van der Waals surface area (Å²) in [6.07, 6.45) is 0. The molecule has 1 aromatic heterocycles. The normalized spacial score (nSPS) is 11.3. The van der Waals surface area contributed by atoms with E-state index in [1.165, 1.54) is 11.3 Å². The fourth-order valence-corrected chi connectivity index (χ4v) is 3.13. The molecule has 1 aromatic carbocycles. The van der Waals surface area contributed by atoms with Crippen LogP contribution in [0.15, 0.2) is 34.5 Å². The summed E-state index contributed by atoms with van der Waals surface area (Å²) in [6, 6.07) is 4.65. The van der Waals surface area contributed by atoms with Gasteiger partial charge in [-0.15, -0.1) is 11.3 Å². The van der Waals surface area contributed by atoms with Gasteiger partial charge in [-0.25, -0.2) is 17.9 Å². The molecule has 106 valence electrons. The summed E-state index contributed by atoms with van der Waals surface area (Å²) >= 11 is 1.21. The molecule has 0 saturated carbocycles. The highest BCUT2D eigenvalue weighted by Crippen LogP contribution is 2.23. The molecule has 0 unspecified atom stereocenters. The molecule has 2 aromatic rings. The van der Waals surface area contributed by atoms with E-state index in [1.807, 2.05) is 0 Å². The highest BCUT2D eigenvalue weighted by Gasteiger charge is 2.18. The van der Waals surface area contributed by atoms with Crippen LogP contribution in [0.1, 0.15) is 15.2 Å². The molecule has 5 nitrogen and oxygen atoms in total. The molecular weight excluding hydrogens is 303 g/mol. The molecule has 0 aliphatic heterocycles. The third-order valence-corrected chi connectivity index (χ3v) is 4.55. The molecule has 3 N–H and O–H groups in total. The van der Waals surface area contributed by atoms with Crippen molar-refractivity contribution in [3.8, 4) is 0 Å². The maximum Gasteiger partial charge on any atom is 0.266 e. The van der Waals surface area contributed by atoms with Gasteiger partial charge >= 0.3 is 0 Å². The minimum atomic E-state index is -4.05. The lowest BCUT2D eigenvalue weighted by Gasteiger charge is -2.09. The Morgan fingerprint density at radius 2 is 2.05 bits per heavy atom. The first-order valence-corrected chi connectivity index (χ1v) is 7.89. The second-order valence-electron chi connectivity index (χ2n) is 4.07. The smallest absolute Gasteiger partial charge is 0.266 e. The Labute approximate surface area is 119 Å². The van der Waals surface area contributed by atoms with Gasteiger partial charge < -0.3 is 5.32 Å². The number of sulfonamides is 1. The lowest BCUT2D eigenvalue weighted by molar-refractivity contribution is 0.103. The number of thiophene rings is 1. The number of hydrogen-bond acceptors (Lipinski definition) is 4. The molecule has 8 heteroatoms. The molecule has 2 rings (SSSR count). The number of carbonyl (C=O) groups excluding carboxylic acids is 1. The Bertz CT molecular complexity index is 769. The van der Waals surface area contributed by atoms with E-state index >= 15 is 0 Å². The largest absolute Gasteiger partial charge is 0.320 e.